The summed E-state index contributed by atoms with van der Waals surface area (Å²) in [7, 11) is 0. The molecule has 0 radical (unpaired) electrons. The van der Waals surface area contributed by atoms with Crippen LogP contribution in [0.25, 0.3) is 16.8 Å². The van der Waals surface area contributed by atoms with Crippen molar-refractivity contribution in [2.45, 2.75) is 6.54 Å². The fraction of sp³-hybridized carbons (Fsp3) is 0.0500. The highest BCUT2D eigenvalue weighted by molar-refractivity contribution is 6.31. The van der Waals surface area contributed by atoms with E-state index in [2.05, 4.69) is 15.3 Å². The molecule has 0 aliphatic heterocycles. The molecule has 4 rings (SSSR count). The number of pyridine rings is 2. The molecule has 0 saturated heterocycles. The Morgan fingerprint density at radius 1 is 1.07 bits per heavy atom. The smallest absolute Gasteiger partial charge is 0.271 e. The summed E-state index contributed by atoms with van der Waals surface area (Å²) < 4.78 is 15.1. The maximum absolute atomic E-state index is 13.4. The zero-order valence-electron chi connectivity index (χ0n) is 14.1. The second-order valence-corrected chi connectivity index (χ2v) is 6.38. The molecule has 4 aromatic rings. The highest BCUT2D eigenvalue weighted by atomic mass is 35.5. The maximum atomic E-state index is 13.4. The Balaban J connectivity index is 1.57. The molecular weight excluding hydrogens is 367 g/mol. The minimum Gasteiger partial charge on any atom is -0.347 e. The van der Waals surface area contributed by atoms with Crippen molar-refractivity contribution in [3.05, 3.63) is 89.3 Å². The van der Waals surface area contributed by atoms with Crippen molar-refractivity contribution in [3.63, 3.8) is 0 Å². The van der Waals surface area contributed by atoms with Crippen molar-refractivity contribution in [1.29, 1.82) is 0 Å². The van der Waals surface area contributed by atoms with E-state index in [-0.39, 0.29) is 10.9 Å². The Kier molecular flexibility index (Phi) is 4.56. The highest BCUT2D eigenvalue weighted by Gasteiger charge is 2.11. The van der Waals surface area contributed by atoms with E-state index < -0.39 is 5.82 Å². The number of nitrogens with one attached hydrogen (secondary N) is 1. The van der Waals surface area contributed by atoms with E-state index in [1.54, 1.807) is 41.2 Å². The van der Waals surface area contributed by atoms with E-state index in [0.29, 0.717) is 17.9 Å². The third-order valence-electron chi connectivity index (χ3n) is 4.14. The largest absolute Gasteiger partial charge is 0.347 e. The van der Waals surface area contributed by atoms with Crippen LogP contribution in [0.5, 0.6) is 0 Å². The molecule has 134 valence electrons. The Morgan fingerprint density at radius 2 is 1.85 bits per heavy atom. The Labute approximate surface area is 159 Å². The summed E-state index contributed by atoms with van der Waals surface area (Å²) in [6.45, 7) is 0.397. The average Bonchev–Trinajstić information content (AvgIpc) is 3.12. The zero-order valence-corrected chi connectivity index (χ0v) is 14.8. The predicted molar refractivity (Wildman–Crippen MR) is 101 cm³/mol. The molecule has 1 amide bonds. The first-order valence-electron chi connectivity index (χ1n) is 8.21. The Hall–Kier alpha value is -3.25. The molecule has 3 aromatic heterocycles. The number of nitrogens with zero attached hydrogens (tertiary/aromatic N) is 3. The van der Waals surface area contributed by atoms with Crippen LogP contribution < -0.4 is 5.32 Å². The van der Waals surface area contributed by atoms with Gasteiger partial charge in [0.05, 0.1) is 5.02 Å². The minimum atomic E-state index is -0.461. The van der Waals surface area contributed by atoms with Gasteiger partial charge in [0.2, 0.25) is 0 Å². The van der Waals surface area contributed by atoms with Crippen LogP contribution in [0.1, 0.15) is 16.1 Å². The number of carbonyl (C=O) groups is 1. The normalized spacial score (nSPS) is 10.9. The lowest BCUT2D eigenvalue weighted by Crippen LogP contribution is -2.23. The second kappa shape index (κ2) is 7.17. The molecule has 0 aliphatic rings. The van der Waals surface area contributed by atoms with Crippen LogP contribution in [0.2, 0.25) is 5.02 Å². The fourth-order valence-corrected chi connectivity index (χ4v) is 2.90. The molecule has 27 heavy (non-hydrogen) atoms. The van der Waals surface area contributed by atoms with Crippen LogP contribution in [-0.2, 0) is 6.54 Å². The number of imidazole rings is 1. The highest BCUT2D eigenvalue weighted by Crippen LogP contribution is 2.25. The van der Waals surface area contributed by atoms with Gasteiger partial charge in [-0.1, -0.05) is 17.7 Å². The number of carbonyl (C=O) groups excluding carboxylic acids is 1. The van der Waals surface area contributed by atoms with E-state index in [1.165, 1.54) is 6.07 Å². The Morgan fingerprint density at radius 3 is 2.63 bits per heavy atom. The molecule has 0 aliphatic carbocycles. The van der Waals surface area contributed by atoms with Gasteiger partial charge in [-0.25, -0.2) is 9.37 Å². The first-order valence-corrected chi connectivity index (χ1v) is 8.59. The number of amides is 1. The van der Waals surface area contributed by atoms with Gasteiger partial charge in [0.15, 0.2) is 0 Å². The predicted octanol–water partition coefficient (Wildman–Crippen LogP) is 4.12. The third kappa shape index (κ3) is 3.66. The van der Waals surface area contributed by atoms with Gasteiger partial charge in [0, 0.05) is 31.3 Å². The number of rotatable bonds is 4. The van der Waals surface area contributed by atoms with E-state index in [0.717, 1.165) is 16.7 Å². The van der Waals surface area contributed by atoms with Gasteiger partial charge in [-0.15, -0.1) is 0 Å². The fourth-order valence-electron chi connectivity index (χ4n) is 2.72. The monoisotopic (exact) mass is 380 g/mol. The summed E-state index contributed by atoms with van der Waals surface area (Å²) in [4.78, 5) is 20.7. The second-order valence-electron chi connectivity index (χ2n) is 5.98. The van der Waals surface area contributed by atoms with Crippen LogP contribution in [0, 0.1) is 5.82 Å². The topological polar surface area (TPSA) is 59.3 Å². The van der Waals surface area contributed by atoms with Crippen molar-refractivity contribution in [1.82, 2.24) is 19.7 Å². The number of halogens is 2. The van der Waals surface area contributed by atoms with E-state index in [9.17, 15) is 9.18 Å². The Bertz CT molecular complexity index is 1130. The standard InChI is InChI=1S/C20H14ClFN4O/c21-16-9-14(1-3-17(16)22)15-2-4-19-25-18(12-26(19)11-15)20(27)24-10-13-5-7-23-8-6-13/h1-9,11-12H,10H2,(H,24,27). The molecule has 0 bridgehead atoms. The summed E-state index contributed by atoms with van der Waals surface area (Å²) in [5.41, 5.74) is 3.53. The summed E-state index contributed by atoms with van der Waals surface area (Å²) in [6, 6.07) is 11.9. The number of hydrogen-bond donors (Lipinski definition) is 1. The SMILES string of the molecule is O=C(NCc1ccncc1)c1cn2cc(-c3ccc(F)c(Cl)c3)ccc2n1. The quantitative estimate of drug-likeness (QED) is 0.579. The molecule has 0 spiro atoms. The summed E-state index contributed by atoms with van der Waals surface area (Å²) in [5, 5.41) is 2.90. The maximum Gasteiger partial charge on any atom is 0.271 e. The van der Waals surface area contributed by atoms with Crippen molar-refractivity contribution in [3.8, 4) is 11.1 Å². The molecule has 1 aromatic carbocycles. The van der Waals surface area contributed by atoms with E-state index in [4.69, 9.17) is 11.6 Å². The minimum absolute atomic E-state index is 0.0643. The molecule has 3 heterocycles. The van der Waals surface area contributed by atoms with Gasteiger partial charge in [0.25, 0.3) is 5.91 Å². The van der Waals surface area contributed by atoms with Gasteiger partial charge in [0.1, 0.15) is 17.2 Å². The van der Waals surface area contributed by atoms with Crippen LogP contribution in [0.15, 0.2) is 67.3 Å². The molecule has 7 heteroatoms. The zero-order chi connectivity index (χ0) is 18.8. The molecular formula is C20H14ClFN4O. The van der Waals surface area contributed by atoms with Crippen molar-refractivity contribution in [2.24, 2.45) is 0 Å². The molecule has 0 unspecified atom stereocenters. The summed E-state index contributed by atoms with van der Waals surface area (Å²) in [6.07, 6.45) is 6.84. The van der Waals surface area contributed by atoms with Gasteiger partial charge < -0.3 is 9.72 Å². The van der Waals surface area contributed by atoms with Crippen LogP contribution in [0.4, 0.5) is 4.39 Å². The van der Waals surface area contributed by atoms with E-state index >= 15 is 0 Å². The molecule has 0 atom stereocenters. The van der Waals surface area contributed by atoms with Crippen molar-refractivity contribution >= 4 is 23.2 Å². The number of hydrogen-bond acceptors (Lipinski definition) is 3. The lowest BCUT2D eigenvalue weighted by atomic mass is 10.1. The lowest BCUT2D eigenvalue weighted by Gasteiger charge is -2.04. The number of benzene rings is 1. The molecule has 0 saturated carbocycles. The summed E-state index contributed by atoms with van der Waals surface area (Å²) in [5.74, 6) is -0.723. The van der Waals surface area contributed by atoms with Gasteiger partial charge >= 0.3 is 0 Å². The van der Waals surface area contributed by atoms with Crippen LogP contribution >= 0.6 is 11.6 Å². The molecule has 0 fully saturated rings. The van der Waals surface area contributed by atoms with Gasteiger partial charge in [-0.3, -0.25) is 9.78 Å². The van der Waals surface area contributed by atoms with Crippen LogP contribution in [-0.4, -0.2) is 20.3 Å². The van der Waals surface area contributed by atoms with Crippen molar-refractivity contribution < 1.29 is 9.18 Å². The third-order valence-corrected chi connectivity index (χ3v) is 4.43. The first kappa shape index (κ1) is 17.2. The van der Waals surface area contributed by atoms with Gasteiger partial charge in [-0.05, 0) is 53.1 Å². The first-order chi connectivity index (χ1) is 13.1. The van der Waals surface area contributed by atoms with Crippen LogP contribution in [0.3, 0.4) is 0 Å². The van der Waals surface area contributed by atoms with Gasteiger partial charge in [-0.2, -0.15) is 0 Å². The van der Waals surface area contributed by atoms with Crippen molar-refractivity contribution in [2.75, 3.05) is 0 Å². The lowest BCUT2D eigenvalue weighted by molar-refractivity contribution is 0.0946. The molecule has 1 N–H and O–H groups in total. The molecule has 5 nitrogen and oxygen atoms in total. The summed E-state index contributed by atoms with van der Waals surface area (Å²) >= 11 is 5.86. The average molecular weight is 381 g/mol. The number of aromatic nitrogens is 3. The number of fused-ring (bicyclic) bond motifs is 1. The van der Waals surface area contributed by atoms with E-state index in [1.807, 2.05) is 24.4 Å².